The maximum absolute atomic E-state index is 13.0. The summed E-state index contributed by atoms with van der Waals surface area (Å²) in [5.74, 6) is -1.11. The Bertz CT molecular complexity index is 550. The highest BCUT2D eigenvalue weighted by Crippen LogP contribution is 2.15. The molecule has 2 rings (SSSR count). The van der Waals surface area contributed by atoms with E-state index < -0.39 is 5.95 Å². The van der Waals surface area contributed by atoms with Crippen LogP contribution in [0.3, 0.4) is 0 Å². The van der Waals surface area contributed by atoms with Crippen molar-refractivity contribution in [1.82, 2.24) is 20.0 Å². The number of nitrogens with zero attached hydrogens (tertiary/aromatic N) is 4. The highest BCUT2D eigenvalue weighted by atomic mass is 19.1. The van der Waals surface area contributed by atoms with E-state index in [1.165, 1.54) is 0 Å². The third-order valence-electron chi connectivity index (χ3n) is 2.41. The van der Waals surface area contributed by atoms with Gasteiger partial charge in [0, 0.05) is 13.1 Å². The summed E-state index contributed by atoms with van der Waals surface area (Å²) in [5.41, 5.74) is 0.111. The molecule has 0 saturated carbocycles. The van der Waals surface area contributed by atoms with E-state index >= 15 is 0 Å². The van der Waals surface area contributed by atoms with Gasteiger partial charge >= 0.3 is 0 Å². The van der Waals surface area contributed by atoms with Crippen LogP contribution in [0.5, 0.6) is 0 Å². The van der Waals surface area contributed by atoms with Gasteiger partial charge in [-0.3, -0.25) is 4.79 Å². The first-order valence-electron chi connectivity index (χ1n) is 5.24. The molecule has 0 atom stereocenters. The minimum Gasteiger partial charge on any atom is -0.338 e. The van der Waals surface area contributed by atoms with Crippen LogP contribution in [-0.2, 0) is 0 Å². The first kappa shape index (κ1) is 11.4. The SMILES string of the molecule is CCN(CC)C(=O)c1noc2ncc(F)nc12. The minimum absolute atomic E-state index is 0.00398. The van der Waals surface area contributed by atoms with Gasteiger partial charge in [-0.1, -0.05) is 5.16 Å². The highest BCUT2D eigenvalue weighted by Gasteiger charge is 2.22. The molecule has 0 spiro atoms. The van der Waals surface area contributed by atoms with E-state index in [0.717, 1.165) is 6.20 Å². The van der Waals surface area contributed by atoms with Crippen LogP contribution in [0.4, 0.5) is 4.39 Å². The molecule has 2 aromatic rings. The van der Waals surface area contributed by atoms with Gasteiger partial charge < -0.3 is 9.42 Å². The minimum atomic E-state index is -0.769. The van der Waals surface area contributed by atoms with Crippen LogP contribution in [-0.4, -0.2) is 39.0 Å². The Balaban J connectivity index is 2.48. The van der Waals surface area contributed by atoms with E-state index in [4.69, 9.17) is 4.52 Å². The molecule has 0 fully saturated rings. The second kappa shape index (κ2) is 4.44. The quantitative estimate of drug-likeness (QED) is 0.804. The lowest BCUT2D eigenvalue weighted by molar-refractivity contribution is 0.0764. The zero-order valence-corrected chi connectivity index (χ0v) is 9.47. The molecule has 0 aliphatic heterocycles. The largest absolute Gasteiger partial charge is 0.338 e. The Hall–Kier alpha value is -2.05. The predicted molar refractivity (Wildman–Crippen MR) is 56.8 cm³/mol. The number of carbonyl (C=O) groups is 1. The molecule has 1 amide bonds. The predicted octanol–water partition coefficient (Wildman–Crippen LogP) is 1.24. The second-order valence-corrected chi connectivity index (χ2v) is 3.36. The lowest BCUT2D eigenvalue weighted by atomic mass is 10.3. The van der Waals surface area contributed by atoms with Crippen LogP contribution in [0, 0.1) is 5.95 Å². The van der Waals surface area contributed by atoms with E-state index in [2.05, 4.69) is 15.1 Å². The van der Waals surface area contributed by atoms with Crippen molar-refractivity contribution in [3.63, 3.8) is 0 Å². The molecule has 0 aromatic carbocycles. The summed E-state index contributed by atoms with van der Waals surface area (Å²) in [6.07, 6.45) is 0.916. The molecule has 0 unspecified atom stereocenters. The van der Waals surface area contributed by atoms with E-state index in [-0.39, 0.29) is 22.8 Å². The van der Waals surface area contributed by atoms with Crippen molar-refractivity contribution in [3.8, 4) is 0 Å². The summed E-state index contributed by atoms with van der Waals surface area (Å²) >= 11 is 0. The van der Waals surface area contributed by atoms with E-state index in [1.54, 1.807) is 4.90 Å². The molecule has 2 heterocycles. The van der Waals surface area contributed by atoms with Crippen LogP contribution in [0.2, 0.25) is 0 Å². The van der Waals surface area contributed by atoms with Crippen molar-refractivity contribution >= 4 is 17.1 Å². The molecule has 7 heteroatoms. The molecule has 0 aliphatic rings. The number of fused-ring (bicyclic) bond motifs is 1. The van der Waals surface area contributed by atoms with Gasteiger partial charge in [0.2, 0.25) is 5.95 Å². The smallest absolute Gasteiger partial charge is 0.278 e. The molecule has 0 saturated heterocycles. The molecule has 2 aromatic heterocycles. The van der Waals surface area contributed by atoms with Crippen molar-refractivity contribution in [2.45, 2.75) is 13.8 Å². The van der Waals surface area contributed by atoms with Gasteiger partial charge in [0.1, 0.15) is 0 Å². The van der Waals surface area contributed by atoms with Crippen molar-refractivity contribution in [2.75, 3.05) is 13.1 Å². The Morgan fingerprint density at radius 1 is 1.47 bits per heavy atom. The molecular weight excluding hydrogens is 227 g/mol. The average molecular weight is 238 g/mol. The van der Waals surface area contributed by atoms with Crippen LogP contribution in [0.1, 0.15) is 24.3 Å². The molecule has 6 nitrogen and oxygen atoms in total. The maximum Gasteiger partial charge on any atom is 0.278 e. The Morgan fingerprint density at radius 3 is 2.82 bits per heavy atom. The molecule has 0 aliphatic carbocycles. The van der Waals surface area contributed by atoms with E-state index in [1.807, 2.05) is 13.8 Å². The number of carbonyl (C=O) groups excluding carboxylic acids is 1. The summed E-state index contributed by atoms with van der Waals surface area (Å²) in [6, 6.07) is 0. The lowest BCUT2D eigenvalue weighted by Crippen LogP contribution is -2.30. The maximum atomic E-state index is 13.0. The van der Waals surface area contributed by atoms with Gasteiger partial charge in [-0.15, -0.1) is 0 Å². The fraction of sp³-hybridized carbons (Fsp3) is 0.400. The van der Waals surface area contributed by atoms with Crippen LogP contribution in [0.15, 0.2) is 10.7 Å². The van der Waals surface area contributed by atoms with Crippen LogP contribution < -0.4 is 0 Å². The molecular formula is C10H11FN4O2. The number of hydrogen-bond acceptors (Lipinski definition) is 5. The molecule has 0 bridgehead atoms. The summed E-state index contributed by atoms with van der Waals surface area (Å²) in [5, 5.41) is 3.60. The normalized spacial score (nSPS) is 10.8. The standard InChI is InChI=1S/C10H11FN4O2/c1-3-15(4-2)10(16)8-7-9(17-14-8)12-5-6(11)13-7/h5H,3-4H2,1-2H3. The number of halogens is 1. The molecule has 90 valence electrons. The zero-order chi connectivity index (χ0) is 12.4. The number of hydrogen-bond donors (Lipinski definition) is 0. The van der Waals surface area contributed by atoms with E-state index in [9.17, 15) is 9.18 Å². The fourth-order valence-corrected chi connectivity index (χ4v) is 1.51. The topological polar surface area (TPSA) is 72.1 Å². The zero-order valence-electron chi connectivity index (χ0n) is 9.47. The number of amides is 1. The number of rotatable bonds is 3. The second-order valence-electron chi connectivity index (χ2n) is 3.36. The van der Waals surface area contributed by atoms with Crippen molar-refractivity contribution in [1.29, 1.82) is 0 Å². The van der Waals surface area contributed by atoms with E-state index in [0.29, 0.717) is 13.1 Å². The van der Waals surface area contributed by atoms with Gasteiger partial charge in [-0.25, -0.2) is 9.97 Å². The fourth-order valence-electron chi connectivity index (χ4n) is 1.51. The van der Waals surface area contributed by atoms with Crippen molar-refractivity contribution in [2.24, 2.45) is 0 Å². The monoisotopic (exact) mass is 238 g/mol. The average Bonchev–Trinajstić information content (AvgIpc) is 2.73. The van der Waals surface area contributed by atoms with Gasteiger partial charge in [-0.2, -0.15) is 4.39 Å². The number of aromatic nitrogens is 3. The van der Waals surface area contributed by atoms with Gasteiger partial charge in [0.05, 0.1) is 6.20 Å². The summed E-state index contributed by atoms with van der Waals surface area (Å²) in [6.45, 7) is 4.75. The van der Waals surface area contributed by atoms with Gasteiger partial charge in [-0.05, 0) is 13.8 Å². The van der Waals surface area contributed by atoms with Gasteiger partial charge in [0.25, 0.3) is 11.6 Å². The Labute approximate surface area is 96.4 Å². The summed E-state index contributed by atoms with van der Waals surface area (Å²) in [7, 11) is 0. The Kier molecular flexibility index (Phi) is 2.99. The summed E-state index contributed by atoms with van der Waals surface area (Å²) < 4.78 is 17.8. The first-order valence-corrected chi connectivity index (χ1v) is 5.24. The molecule has 0 N–H and O–H groups in total. The third-order valence-corrected chi connectivity index (χ3v) is 2.41. The lowest BCUT2D eigenvalue weighted by Gasteiger charge is -2.16. The first-order chi connectivity index (χ1) is 8.17. The van der Waals surface area contributed by atoms with Crippen molar-refractivity contribution in [3.05, 3.63) is 17.8 Å². The van der Waals surface area contributed by atoms with Crippen molar-refractivity contribution < 1.29 is 13.7 Å². The third kappa shape index (κ3) is 1.95. The van der Waals surface area contributed by atoms with Crippen LogP contribution in [0.25, 0.3) is 11.2 Å². The van der Waals surface area contributed by atoms with Crippen LogP contribution >= 0.6 is 0 Å². The Morgan fingerprint density at radius 2 is 2.18 bits per heavy atom. The summed E-state index contributed by atoms with van der Waals surface area (Å²) in [4.78, 5) is 20.8. The van der Waals surface area contributed by atoms with Gasteiger partial charge in [0.15, 0.2) is 11.2 Å². The highest BCUT2D eigenvalue weighted by molar-refractivity contribution is 6.01. The molecule has 0 radical (unpaired) electrons. The molecule has 17 heavy (non-hydrogen) atoms.